The maximum absolute atomic E-state index is 6.29. The largest absolute Gasteiger partial charge is 0.380 e. The average Bonchev–Trinajstić information content (AvgIpc) is 3.42. The van der Waals surface area contributed by atoms with Gasteiger partial charge in [-0.3, -0.25) is 0 Å². The van der Waals surface area contributed by atoms with Gasteiger partial charge < -0.3 is 18.9 Å². The van der Waals surface area contributed by atoms with Crippen LogP contribution in [-0.2, 0) is 37.9 Å². The van der Waals surface area contributed by atoms with Crippen LogP contribution in [0.2, 0.25) is 30.8 Å². The molecule has 1 saturated heterocycles. The van der Waals surface area contributed by atoms with Crippen LogP contribution in [0.4, 0.5) is 0 Å². The number of rotatable bonds is 11. The van der Waals surface area contributed by atoms with E-state index in [9.17, 15) is 0 Å². The van der Waals surface area contributed by atoms with E-state index >= 15 is 0 Å². The van der Waals surface area contributed by atoms with Gasteiger partial charge in [0.1, 0.15) is 23.2 Å². The van der Waals surface area contributed by atoms with Crippen LogP contribution in [0, 0.1) is 0 Å². The first-order valence-electron chi connectivity index (χ1n) is 12.1. The molecule has 10 heteroatoms. The Hall–Kier alpha value is -1.88. The second kappa shape index (κ2) is 11.0. The van der Waals surface area contributed by atoms with Gasteiger partial charge in [0.25, 0.3) is 0 Å². The van der Waals surface area contributed by atoms with E-state index in [0.29, 0.717) is 44.9 Å². The molecule has 3 aromatic heterocycles. The minimum absolute atomic E-state index is 0.339. The number of aromatic nitrogens is 4. The highest BCUT2D eigenvalue weighted by atomic mass is 35.5. The third-order valence-corrected chi connectivity index (χ3v) is 8.04. The summed E-state index contributed by atoms with van der Waals surface area (Å²) < 4.78 is 25.2. The van der Waals surface area contributed by atoms with Gasteiger partial charge in [-0.1, -0.05) is 31.2 Å². The van der Waals surface area contributed by atoms with Crippen LogP contribution in [0.1, 0.15) is 24.6 Å². The maximum atomic E-state index is 6.29. The molecule has 0 aliphatic carbocycles. The van der Waals surface area contributed by atoms with Gasteiger partial charge in [0, 0.05) is 46.8 Å². The van der Waals surface area contributed by atoms with Crippen LogP contribution < -0.4 is 0 Å². The van der Waals surface area contributed by atoms with Crippen LogP contribution in [0.3, 0.4) is 0 Å². The SMILES string of the molecule is CCO[C@@]1(c2cc(COC)cc(-c3nn(COCC[Si](C)(C)C)c4cnc(Cl)cc34)n2)CCOC1. The van der Waals surface area contributed by atoms with Gasteiger partial charge >= 0.3 is 0 Å². The fourth-order valence-electron chi connectivity index (χ4n) is 4.27. The minimum atomic E-state index is -1.18. The number of hydrogen-bond acceptors (Lipinski definition) is 7. The Balaban J connectivity index is 1.76. The molecule has 0 bridgehead atoms. The molecule has 0 unspecified atom stereocenters. The van der Waals surface area contributed by atoms with Gasteiger partial charge in [-0.05, 0) is 36.7 Å². The summed E-state index contributed by atoms with van der Waals surface area (Å²) in [6, 6.07) is 6.98. The topological polar surface area (TPSA) is 80.5 Å². The Labute approximate surface area is 212 Å². The molecule has 0 saturated carbocycles. The van der Waals surface area contributed by atoms with E-state index in [-0.39, 0.29) is 0 Å². The molecule has 4 heterocycles. The number of nitrogens with zero attached hydrogens (tertiary/aromatic N) is 4. The Morgan fingerprint density at radius 2 is 2.06 bits per heavy atom. The van der Waals surface area contributed by atoms with Crippen LogP contribution in [0.25, 0.3) is 22.3 Å². The highest BCUT2D eigenvalue weighted by Crippen LogP contribution is 2.36. The quantitative estimate of drug-likeness (QED) is 0.194. The first-order chi connectivity index (χ1) is 16.7. The number of ether oxygens (including phenoxy) is 4. The van der Waals surface area contributed by atoms with Crippen molar-refractivity contribution in [2.45, 2.75) is 58.0 Å². The maximum Gasteiger partial charge on any atom is 0.140 e. The highest BCUT2D eigenvalue weighted by molar-refractivity contribution is 6.76. The lowest BCUT2D eigenvalue weighted by atomic mass is 9.95. The lowest BCUT2D eigenvalue weighted by Gasteiger charge is -2.27. The van der Waals surface area contributed by atoms with E-state index in [1.54, 1.807) is 13.3 Å². The zero-order chi connectivity index (χ0) is 25.1. The highest BCUT2D eigenvalue weighted by Gasteiger charge is 2.39. The Bertz CT molecular complexity index is 1160. The van der Waals surface area contributed by atoms with Crippen molar-refractivity contribution in [3.63, 3.8) is 0 Å². The Morgan fingerprint density at radius 3 is 2.74 bits per heavy atom. The standard InChI is InChI=1S/C25H35ClN4O4Si/c1-6-34-25(7-8-32-16-25)22-12-18(15-31-2)11-20(28-22)24-19-13-23(26)27-14-21(19)30(29-24)17-33-9-10-35(3,4)5/h11-14H,6-10,15-17H2,1-5H3/t25-/m0/s1. The predicted molar refractivity (Wildman–Crippen MR) is 139 cm³/mol. The molecular weight excluding hydrogens is 484 g/mol. The third kappa shape index (κ3) is 6.10. The summed E-state index contributed by atoms with van der Waals surface area (Å²) in [5.74, 6) is 0. The van der Waals surface area contributed by atoms with E-state index in [4.69, 9.17) is 40.6 Å². The van der Waals surface area contributed by atoms with E-state index in [1.807, 2.05) is 29.8 Å². The normalized spacial score (nSPS) is 18.6. The monoisotopic (exact) mass is 518 g/mol. The molecule has 0 radical (unpaired) electrons. The fourth-order valence-corrected chi connectivity index (χ4v) is 5.18. The van der Waals surface area contributed by atoms with Crippen molar-refractivity contribution in [2.24, 2.45) is 0 Å². The summed E-state index contributed by atoms with van der Waals surface area (Å²) in [6.07, 6.45) is 2.49. The van der Waals surface area contributed by atoms with Gasteiger partial charge in [0.15, 0.2) is 0 Å². The first-order valence-corrected chi connectivity index (χ1v) is 16.2. The first kappa shape index (κ1) is 26.2. The van der Waals surface area contributed by atoms with Crippen LogP contribution in [0.5, 0.6) is 0 Å². The van der Waals surface area contributed by atoms with Crippen LogP contribution >= 0.6 is 11.6 Å². The number of pyridine rings is 2. The smallest absolute Gasteiger partial charge is 0.140 e. The predicted octanol–water partition coefficient (Wildman–Crippen LogP) is 5.26. The van der Waals surface area contributed by atoms with Crippen molar-refractivity contribution in [3.8, 4) is 11.4 Å². The van der Waals surface area contributed by atoms with Gasteiger partial charge in [0.2, 0.25) is 0 Å². The van der Waals surface area contributed by atoms with Gasteiger partial charge in [-0.15, -0.1) is 0 Å². The molecule has 1 aliphatic heterocycles. The molecule has 0 N–H and O–H groups in total. The van der Waals surface area contributed by atoms with E-state index in [2.05, 4.69) is 24.6 Å². The van der Waals surface area contributed by atoms with Crippen molar-refractivity contribution >= 4 is 30.6 Å². The van der Waals surface area contributed by atoms with Crippen molar-refractivity contribution < 1.29 is 18.9 Å². The number of methoxy groups -OCH3 is 1. The molecule has 8 nitrogen and oxygen atoms in total. The number of fused-ring (bicyclic) bond motifs is 1. The zero-order valence-corrected chi connectivity index (χ0v) is 23.0. The van der Waals surface area contributed by atoms with Crippen molar-refractivity contribution in [3.05, 3.63) is 40.8 Å². The van der Waals surface area contributed by atoms with Crippen molar-refractivity contribution in [1.29, 1.82) is 0 Å². The summed E-state index contributed by atoms with van der Waals surface area (Å²) in [5.41, 5.74) is 3.55. The number of hydrogen-bond donors (Lipinski definition) is 0. The summed E-state index contributed by atoms with van der Waals surface area (Å²) in [6.45, 7) is 12.2. The Morgan fingerprint density at radius 1 is 1.23 bits per heavy atom. The van der Waals surface area contributed by atoms with Gasteiger partial charge in [-0.2, -0.15) is 5.10 Å². The second-order valence-corrected chi connectivity index (χ2v) is 16.1. The molecule has 4 rings (SSSR count). The van der Waals surface area contributed by atoms with E-state index in [0.717, 1.165) is 46.0 Å². The molecule has 0 spiro atoms. The van der Waals surface area contributed by atoms with E-state index < -0.39 is 13.7 Å². The average molecular weight is 519 g/mol. The molecule has 1 aliphatic rings. The second-order valence-electron chi connectivity index (χ2n) is 10.1. The summed E-state index contributed by atoms with van der Waals surface area (Å²) >= 11 is 6.29. The summed E-state index contributed by atoms with van der Waals surface area (Å²) in [5, 5.41) is 6.18. The minimum Gasteiger partial charge on any atom is -0.380 e. The molecule has 0 aromatic carbocycles. The van der Waals surface area contributed by atoms with Crippen LogP contribution in [-0.4, -0.2) is 61.4 Å². The third-order valence-electron chi connectivity index (χ3n) is 6.13. The molecule has 190 valence electrons. The molecule has 1 atom stereocenters. The lowest BCUT2D eigenvalue weighted by molar-refractivity contribution is -0.0513. The van der Waals surface area contributed by atoms with Crippen molar-refractivity contribution in [2.75, 3.05) is 33.5 Å². The summed E-state index contributed by atoms with van der Waals surface area (Å²) in [7, 11) is 0.505. The molecule has 0 amide bonds. The lowest BCUT2D eigenvalue weighted by Crippen LogP contribution is -2.31. The molecule has 1 fully saturated rings. The molecular formula is C25H35ClN4O4Si. The van der Waals surface area contributed by atoms with Crippen LogP contribution in [0.15, 0.2) is 24.4 Å². The Kier molecular flexibility index (Phi) is 8.25. The van der Waals surface area contributed by atoms with E-state index in [1.165, 1.54) is 0 Å². The number of halogens is 1. The van der Waals surface area contributed by atoms with Crippen molar-refractivity contribution in [1.82, 2.24) is 19.7 Å². The fraction of sp³-hybridized carbons (Fsp3) is 0.560. The van der Waals surface area contributed by atoms with Gasteiger partial charge in [0.05, 0.1) is 36.3 Å². The zero-order valence-electron chi connectivity index (χ0n) is 21.3. The molecule has 35 heavy (non-hydrogen) atoms. The molecule has 3 aromatic rings. The summed E-state index contributed by atoms with van der Waals surface area (Å²) in [4.78, 5) is 9.33. The van der Waals surface area contributed by atoms with Gasteiger partial charge in [-0.25, -0.2) is 14.6 Å².